The standard InChI is InChI=1S/C11H12BrN3/c1-15-4-2-3-10(15)11(13)8-5-9(12)7-14-6-8/h2-7,11H,13H2,1H3. The van der Waals surface area contributed by atoms with E-state index in [-0.39, 0.29) is 6.04 Å². The molecule has 15 heavy (non-hydrogen) atoms. The molecule has 0 saturated heterocycles. The molecule has 2 heterocycles. The maximum absolute atomic E-state index is 6.15. The first-order chi connectivity index (χ1) is 7.18. The Morgan fingerprint density at radius 2 is 2.27 bits per heavy atom. The van der Waals surface area contributed by atoms with E-state index in [1.54, 1.807) is 12.4 Å². The summed E-state index contributed by atoms with van der Waals surface area (Å²) in [6, 6.07) is 5.87. The van der Waals surface area contributed by atoms with Crippen molar-refractivity contribution in [2.45, 2.75) is 6.04 Å². The van der Waals surface area contributed by atoms with Gasteiger partial charge in [-0.3, -0.25) is 4.98 Å². The molecule has 0 bridgehead atoms. The summed E-state index contributed by atoms with van der Waals surface area (Å²) in [5.41, 5.74) is 8.23. The minimum Gasteiger partial charge on any atom is -0.353 e. The fourth-order valence-electron chi connectivity index (χ4n) is 1.57. The van der Waals surface area contributed by atoms with E-state index in [4.69, 9.17) is 5.73 Å². The van der Waals surface area contributed by atoms with E-state index in [2.05, 4.69) is 20.9 Å². The number of halogens is 1. The van der Waals surface area contributed by atoms with E-state index >= 15 is 0 Å². The molecule has 0 radical (unpaired) electrons. The van der Waals surface area contributed by atoms with Crippen molar-refractivity contribution in [1.29, 1.82) is 0 Å². The maximum Gasteiger partial charge on any atom is 0.0721 e. The fraction of sp³-hybridized carbons (Fsp3) is 0.182. The smallest absolute Gasteiger partial charge is 0.0721 e. The van der Waals surface area contributed by atoms with Crippen LogP contribution in [-0.2, 0) is 7.05 Å². The third-order valence-corrected chi connectivity index (χ3v) is 2.82. The third kappa shape index (κ3) is 2.11. The monoisotopic (exact) mass is 265 g/mol. The molecule has 0 saturated carbocycles. The predicted molar refractivity (Wildman–Crippen MR) is 63.4 cm³/mol. The van der Waals surface area contributed by atoms with E-state index in [1.807, 2.05) is 36.0 Å². The molecule has 0 aliphatic carbocycles. The first-order valence-corrected chi connectivity index (χ1v) is 5.45. The van der Waals surface area contributed by atoms with Crippen LogP contribution in [0.2, 0.25) is 0 Å². The zero-order valence-corrected chi connectivity index (χ0v) is 9.98. The summed E-state index contributed by atoms with van der Waals surface area (Å²) < 4.78 is 2.97. The van der Waals surface area contributed by atoms with Crippen molar-refractivity contribution in [2.75, 3.05) is 0 Å². The van der Waals surface area contributed by atoms with Gasteiger partial charge in [0.1, 0.15) is 0 Å². The van der Waals surface area contributed by atoms with Crippen LogP contribution in [0.5, 0.6) is 0 Å². The zero-order chi connectivity index (χ0) is 10.8. The molecule has 2 rings (SSSR count). The minimum atomic E-state index is -0.130. The highest BCUT2D eigenvalue weighted by atomic mass is 79.9. The Hall–Kier alpha value is -1.13. The Morgan fingerprint density at radius 1 is 1.47 bits per heavy atom. The molecule has 0 fully saturated rings. The number of hydrogen-bond acceptors (Lipinski definition) is 2. The quantitative estimate of drug-likeness (QED) is 0.905. The van der Waals surface area contributed by atoms with Crippen LogP contribution in [0.25, 0.3) is 0 Å². The normalized spacial score (nSPS) is 12.7. The lowest BCUT2D eigenvalue weighted by Crippen LogP contribution is -2.15. The SMILES string of the molecule is Cn1cccc1C(N)c1cncc(Br)c1. The molecular formula is C11H12BrN3. The molecule has 4 heteroatoms. The number of hydrogen-bond donors (Lipinski definition) is 1. The topological polar surface area (TPSA) is 43.8 Å². The van der Waals surface area contributed by atoms with Gasteiger partial charge in [-0.25, -0.2) is 0 Å². The number of nitrogens with zero attached hydrogens (tertiary/aromatic N) is 2. The lowest BCUT2D eigenvalue weighted by molar-refractivity contribution is 0.743. The Labute approximate surface area is 97.1 Å². The Bertz CT molecular complexity index is 464. The molecular weight excluding hydrogens is 254 g/mol. The molecule has 2 N–H and O–H groups in total. The van der Waals surface area contributed by atoms with Gasteiger partial charge in [-0.05, 0) is 39.7 Å². The molecule has 0 aliphatic rings. The predicted octanol–water partition coefficient (Wildman–Crippen LogP) is 2.23. The first kappa shape index (κ1) is 10.4. The number of nitrogens with two attached hydrogens (primary N) is 1. The van der Waals surface area contributed by atoms with Crippen LogP contribution in [0.3, 0.4) is 0 Å². The van der Waals surface area contributed by atoms with Gasteiger partial charge in [-0.15, -0.1) is 0 Å². The number of rotatable bonds is 2. The van der Waals surface area contributed by atoms with Gasteiger partial charge in [0, 0.05) is 35.8 Å². The van der Waals surface area contributed by atoms with Crippen LogP contribution in [-0.4, -0.2) is 9.55 Å². The van der Waals surface area contributed by atoms with E-state index < -0.39 is 0 Å². The van der Waals surface area contributed by atoms with E-state index in [9.17, 15) is 0 Å². The largest absolute Gasteiger partial charge is 0.353 e. The van der Waals surface area contributed by atoms with Gasteiger partial charge in [-0.1, -0.05) is 0 Å². The molecule has 1 unspecified atom stereocenters. The average Bonchev–Trinajstić information content (AvgIpc) is 2.63. The second-order valence-corrected chi connectivity index (χ2v) is 4.37. The second kappa shape index (κ2) is 4.16. The van der Waals surface area contributed by atoms with Crippen LogP contribution in [0.15, 0.2) is 41.3 Å². The van der Waals surface area contributed by atoms with E-state index in [0.29, 0.717) is 0 Å². The van der Waals surface area contributed by atoms with Gasteiger partial charge in [-0.2, -0.15) is 0 Å². The summed E-state index contributed by atoms with van der Waals surface area (Å²) in [7, 11) is 1.99. The number of aryl methyl sites for hydroxylation is 1. The van der Waals surface area contributed by atoms with Gasteiger partial charge in [0.2, 0.25) is 0 Å². The summed E-state index contributed by atoms with van der Waals surface area (Å²) in [5.74, 6) is 0. The van der Waals surface area contributed by atoms with Crippen molar-refractivity contribution in [3.05, 3.63) is 52.5 Å². The molecule has 2 aromatic rings. The molecule has 78 valence electrons. The molecule has 0 aliphatic heterocycles. The lowest BCUT2D eigenvalue weighted by atomic mass is 10.1. The highest BCUT2D eigenvalue weighted by Crippen LogP contribution is 2.21. The lowest BCUT2D eigenvalue weighted by Gasteiger charge is -2.13. The molecule has 1 atom stereocenters. The highest BCUT2D eigenvalue weighted by molar-refractivity contribution is 9.10. The average molecular weight is 266 g/mol. The van der Waals surface area contributed by atoms with Gasteiger partial charge < -0.3 is 10.3 Å². The van der Waals surface area contributed by atoms with Gasteiger partial charge >= 0.3 is 0 Å². The minimum absolute atomic E-state index is 0.130. The Morgan fingerprint density at radius 3 is 2.87 bits per heavy atom. The Balaban J connectivity index is 2.36. The molecule has 0 amide bonds. The molecule has 0 spiro atoms. The zero-order valence-electron chi connectivity index (χ0n) is 8.39. The summed E-state index contributed by atoms with van der Waals surface area (Å²) >= 11 is 3.39. The van der Waals surface area contributed by atoms with Crippen molar-refractivity contribution in [3.63, 3.8) is 0 Å². The summed E-state index contributed by atoms with van der Waals surface area (Å²) in [6.07, 6.45) is 5.53. The van der Waals surface area contributed by atoms with Gasteiger partial charge in [0.05, 0.1) is 6.04 Å². The van der Waals surface area contributed by atoms with Crippen LogP contribution in [0.1, 0.15) is 17.3 Å². The fourth-order valence-corrected chi connectivity index (χ4v) is 1.95. The molecule has 2 aromatic heterocycles. The van der Waals surface area contributed by atoms with Crippen LogP contribution in [0, 0.1) is 0 Å². The number of aromatic nitrogens is 2. The van der Waals surface area contributed by atoms with Crippen LogP contribution < -0.4 is 5.73 Å². The van der Waals surface area contributed by atoms with Gasteiger partial charge in [0.15, 0.2) is 0 Å². The van der Waals surface area contributed by atoms with Crippen molar-refractivity contribution in [1.82, 2.24) is 9.55 Å². The van der Waals surface area contributed by atoms with Crippen molar-refractivity contribution in [3.8, 4) is 0 Å². The Kier molecular flexibility index (Phi) is 2.88. The first-order valence-electron chi connectivity index (χ1n) is 4.66. The van der Waals surface area contributed by atoms with Crippen molar-refractivity contribution >= 4 is 15.9 Å². The van der Waals surface area contributed by atoms with Crippen LogP contribution >= 0.6 is 15.9 Å². The van der Waals surface area contributed by atoms with E-state index in [0.717, 1.165) is 15.7 Å². The van der Waals surface area contributed by atoms with Crippen molar-refractivity contribution in [2.24, 2.45) is 12.8 Å². The highest BCUT2D eigenvalue weighted by Gasteiger charge is 2.11. The van der Waals surface area contributed by atoms with E-state index in [1.165, 1.54) is 0 Å². The third-order valence-electron chi connectivity index (χ3n) is 2.39. The van der Waals surface area contributed by atoms with Gasteiger partial charge in [0.25, 0.3) is 0 Å². The molecule has 0 aromatic carbocycles. The summed E-state index contributed by atoms with van der Waals surface area (Å²) in [6.45, 7) is 0. The summed E-state index contributed by atoms with van der Waals surface area (Å²) in [5, 5.41) is 0. The number of pyridine rings is 1. The second-order valence-electron chi connectivity index (χ2n) is 3.46. The maximum atomic E-state index is 6.15. The summed E-state index contributed by atoms with van der Waals surface area (Å²) in [4.78, 5) is 4.11. The van der Waals surface area contributed by atoms with Crippen molar-refractivity contribution < 1.29 is 0 Å². The van der Waals surface area contributed by atoms with Crippen LogP contribution in [0.4, 0.5) is 0 Å². The molecule has 3 nitrogen and oxygen atoms in total.